The Kier molecular flexibility index (Phi) is 3.60. The van der Waals surface area contributed by atoms with Gasteiger partial charge in [0.25, 0.3) is 0 Å². The molecule has 0 radical (unpaired) electrons. The minimum atomic E-state index is -0.591. The third-order valence-electron chi connectivity index (χ3n) is 3.81. The fourth-order valence-corrected chi connectivity index (χ4v) is 2.41. The Balaban J connectivity index is 2.38. The number of likely N-dealkylation sites (N-methyl/N-ethyl adjacent to an activating group) is 1. The molecule has 0 bridgehead atoms. The summed E-state index contributed by atoms with van der Waals surface area (Å²) in [7, 11) is 1.82. The number of rotatable bonds is 2. The first-order valence-electron chi connectivity index (χ1n) is 6.27. The number of anilines is 1. The summed E-state index contributed by atoms with van der Waals surface area (Å²) >= 11 is 0. The number of amides is 1. The predicted octanol–water partition coefficient (Wildman–Crippen LogP) is 1.24. The maximum atomic E-state index is 13.3. The Morgan fingerprint density at radius 1 is 1.47 bits per heavy atom. The quantitative estimate of drug-likeness (QED) is 0.876. The summed E-state index contributed by atoms with van der Waals surface area (Å²) in [4.78, 5) is 15.8. The lowest BCUT2D eigenvalue weighted by atomic mass is 9.95. The number of carbonyl (C=O) groups excluding carboxylic acids is 1. The van der Waals surface area contributed by atoms with Gasteiger partial charge in [0, 0.05) is 17.8 Å². The topological polar surface area (TPSA) is 43.8 Å². The molecule has 0 aliphatic carbocycles. The maximum absolute atomic E-state index is 13.3. The second-order valence-electron chi connectivity index (χ2n) is 5.53. The Morgan fingerprint density at radius 3 is 2.74 bits per heavy atom. The van der Waals surface area contributed by atoms with Crippen molar-refractivity contribution in [2.24, 2.45) is 0 Å². The molecule has 104 valence electrons. The van der Waals surface area contributed by atoms with E-state index in [1.165, 1.54) is 12.1 Å². The van der Waals surface area contributed by atoms with Gasteiger partial charge in [-0.2, -0.15) is 0 Å². The van der Waals surface area contributed by atoms with E-state index in [1.54, 1.807) is 17.0 Å². The Labute approximate surface area is 112 Å². The Hall–Kier alpha value is -1.46. The lowest BCUT2D eigenvalue weighted by Crippen LogP contribution is -2.66. The number of piperazine rings is 1. The Morgan fingerprint density at radius 2 is 2.16 bits per heavy atom. The molecule has 1 saturated heterocycles. The van der Waals surface area contributed by atoms with E-state index in [0.717, 1.165) is 0 Å². The van der Waals surface area contributed by atoms with Crippen molar-refractivity contribution in [1.82, 2.24) is 4.90 Å². The molecule has 1 aromatic carbocycles. The molecule has 1 aliphatic heterocycles. The van der Waals surface area contributed by atoms with Gasteiger partial charge in [0.15, 0.2) is 0 Å². The van der Waals surface area contributed by atoms with Crippen molar-refractivity contribution in [2.75, 3.05) is 25.1 Å². The first kappa shape index (κ1) is 14.0. The fraction of sp³-hybridized carbons (Fsp3) is 0.500. The number of benzene rings is 1. The van der Waals surface area contributed by atoms with Crippen LogP contribution in [0.4, 0.5) is 10.1 Å². The molecule has 0 spiro atoms. The average Bonchev–Trinajstić information content (AvgIpc) is 2.35. The molecule has 1 amide bonds. The van der Waals surface area contributed by atoms with E-state index < -0.39 is 6.04 Å². The predicted molar refractivity (Wildman–Crippen MR) is 71.5 cm³/mol. The average molecular weight is 266 g/mol. The second kappa shape index (κ2) is 4.90. The van der Waals surface area contributed by atoms with Crippen molar-refractivity contribution in [3.63, 3.8) is 0 Å². The van der Waals surface area contributed by atoms with Gasteiger partial charge < -0.3 is 10.0 Å². The van der Waals surface area contributed by atoms with Crippen LogP contribution in [0.1, 0.15) is 13.8 Å². The highest BCUT2D eigenvalue weighted by Gasteiger charge is 2.43. The number of aliphatic hydroxyl groups excluding tert-OH is 1. The SMILES string of the molecule is CN1C(CO)C(=O)N(c2cccc(F)c2)CC1(C)C. The molecular weight excluding hydrogens is 247 g/mol. The van der Waals surface area contributed by atoms with Crippen molar-refractivity contribution >= 4 is 11.6 Å². The van der Waals surface area contributed by atoms with E-state index in [2.05, 4.69) is 0 Å². The number of hydrogen-bond donors (Lipinski definition) is 1. The molecule has 1 aliphatic rings. The van der Waals surface area contributed by atoms with Gasteiger partial charge in [0.05, 0.1) is 6.61 Å². The van der Waals surface area contributed by atoms with E-state index in [0.29, 0.717) is 12.2 Å². The monoisotopic (exact) mass is 266 g/mol. The number of nitrogens with zero attached hydrogens (tertiary/aromatic N) is 2. The highest BCUT2D eigenvalue weighted by atomic mass is 19.1. The maximum Gasteiger partial charge on any atom is 0.246 e. The minimum absolute atomic E-state index is 0.199. The molecule has 1 fully saturated rings. The molecule has 0 saturated carbocycles. The molecule has 1 atom stereocenters. The second-order valence-corrected chi connectivity index (χ2v) is 5.53. The summed E-state index contributed by atoms with van der Waals surface area (Å²) in [6.45, 7) is 4.20. The lowest BCUT2D eigenvalue weighted by molar-refractivity contribution is -0.131. The first-order valence-corrected chi connectivity index (χ1v) is 6.27. The van der Waals surface area contributed by atoms with Gasteiger partial charge in [0.2, 0.25) is 5.91 Å². The van der Waals surface area contributed by atoms with Crippen molar-refractivity contribution in [3.05, 3.63) is 30.1 Å². The van der Waals surface area contributed by atoms with Crippen LogP contribution in [0, 0.1) is 5.82 Å². The van der Waals surface area contributed by atoms with Crippen molar-refractivity contribution in [2.45, 2.75) is 25.4 Å². The molecule has 1 aromatic rings. The zero-order chi connectivity index (χ0) is 14.2. The van der Waals surface area contributed by atoms with Crippen LogP contribution in [-0.4, -0.2) is 47.7 Å². The van der Waals surface area contributed by atoms with Crippen molar-refractivity contribution in [3.8, 4) is 0 Å². The van der Waals surface area contributed by atoms with Gasteiger partial charge in [-0.3, -0.25) is 9.69 Å². The summed E-state index contributed by atoms with van der Waals surface area (Å²) in [5, 5.41) is 9.42. The lowest BCUT2D eigenvalue weighted by Gasteiger charge is -2.48. The van der Waals surface area contributed by atoms with Gasteiger partial charge in [0.1, 0.15) is 11.9 Å². The standard InChI is InChI=1S/C14H19FN2O2/c1-14(2)9-17(11-6-4-5-10(15)7-11)13(19)12(8-18)16(14)3/h4-7,12,18H,8-9H2,1-3H3. The molecule has 19 heavy (non-hydrogen) atoms. The van der Waals surface area contributed by atoms with E-state index >= 15 is 0 Å². The van der Waals surface area contributed by atoms with E-state index in [1.807, 2.05) is 25.8 Å². The van der Waals surface area contributed by atoms with Crippen LogP contribution in [0.15, 0.2) is 24.3 Å². The zero-order valence-electron chi connectivity index (χ0n) is 11.4. The number of hydrogen-bond acceptors (Lipinski definition) is 3. The smallest absolute Gasteiger partial charge is 0.246 e. The summed E-state index contributed by atoms with van der Waals surface area (Å²) in [6.07, 6.45) is 0. The zero-order valence-corrected chi connectivity index (χ0v) is 11.4. The highest BCUT2D eigenvalue weighted by Crippen LogP contribution is 2.28. The van der Waals surface area contributed by atoms with Crippen molar-refractivity contribution in [1.29, 1.82) is 0 Å². The third kappa shape index (κ3) is 2.48. The van der Waals surface area contributed by atoms with Gasteiger partial charge in [-0.05, 0) is 39.1 Å². The fourth-order valence-electron chi connectivity index (χ4n) is 2.41. The summed E-state index contributed by atoms with van der Waals surface area (Å²) in [5.41, 5.74) is 0.248. The molecule has 2 rings (SSSR count). The molecule has 1 heterocycles. The van der Waals surface area contributed by atoms with Gasteiger partial charge in [-0.15, -0.1) is 0 Å². The van der Waals surface area contributed by atoms with Crippen LogP contribution in [0.2, 0.25) is 0 Å². The molecule has 5 heteroatoms. The van der Waals surface area contributed by atoms with Crippen LogP contribution in [0.3, 0.4) is 0 Å². The van der Waals surface area contributed by atoms with Crippen LogP contribution in [0.25, 0.3) is 0 Å². The Bertz CT molecular complexity index is 490. The normalized spacial score (nSPS) is 23.7. The van der Waals surface area contributed by atoms with Crippen molar-refractivity contribution < 1.29 is 14.3 Å². The minimum Gasteiger partial charge on any atom is -0.394 e. The van der Waals surface area contributed by atoms with Crippen LogP contribution >= 0.6 is 0 Å². The van der Waals surface area contributed by atoms with Crippen LogP contribution < -0.4 is 4.90 Å². The van der Waals surface area contributed by atoms with E-state index in [9.17, 15) is 14.3 Å². The number of aliphatic hydroxyl groups is 1. The largest absolute Gasteiger partial charge is 0.394 e. The van der Waals surface area contributed by atoms with Crippen LogP contribution in [0.5, 0.6) is 0 Å². The van der Waals surface area contributed by atoms with E-state index in [4.69, 9.17) is 0 Å². The summed E-state index contributed by atoms with van der Waals surface area (Å²) < 4.78 is 13.3. The van der Waals surface area contributed by atoms with E-state index in [-0.39, 0.29) is 23.9 Å². The molecule has 4 nitrogen and oxygen atoms in total. The van der Waals surface area contributed by atoms with Gasteiger partial charge >= 0.3 is 0 Å². The molecule has 1 N–H and O–H groups in total. The van der Waals surface area contributed by atoms with Gasteiger partial charge in [-0.1, -0.05) is 6.07 Å². The summed E-state index contributed by atoms with van der Waals surface area (Å²) in [5.74, 6) is -0.572. The molecule has 1 unspecified atom stereocenters. The molecule has 0 aromatic heterocycles. The molecular formula is C14H19FN2O2. The third-order valence-corrected chi connectivity index (χ3v) is 3.81. The number of halogens is 1. The van der Waals surface area contributed by atoms with Crippen LogP contribution in [-0.2, 0) is 4.79 Å². The highest BCUT2D eigenvalue weighted by molar-refractivity contribution is 5.98. The van der Waals surface area contributed by atoms with Gasteiger partial charge in [-0.25, -0.2) is 4.39 Å². The number of carbonyl (C=O) groups is 1. The summed E-state index contributed by atoms with van der Waals surface area (Å²) in [6, 6.07) is 5.38. The first-order chi connectivity index (χ1) is 8.86.